The molecule has 9 heteroatoms. The van der Waals surface area contributed by atoms with E-state index in [1.54, 1.807) is 53.5 Å². The molecule has 4 aromatic rings. The number of carbonyl (C=O) groups is 1. The number of aromatic nitrogens is 2. The number of aromatic hydroxyl groups is 1. The maximum atomic E-state index is 13.3. The molecule has 0 bridgehead atoms. The third-order valence-corrected chi connectivity index (χ3v) is 5.59. The predicted octanol–water partition coefficient (Wildman–Crippen LogP) is 2.76. The van der Waals surface area contributed by atoms with Gasteiger partial charge in [0.2, 0.25) is 12.7 Å². The number of phenolic OH excluding ortho intramolecular Hbond substituents is 1. The molecular formula is C24H21N3O6. The molecule has 2 aromatic heterocycles. The Hall–Kier alpha value is -4.27. The minimum absolute atomic E-state index is 0.0366. The maximum Gasteiger partial charge on any atom is 0.231 e. The van der Waals surface area contributed by atoms with Crippen molar-refractivity contribution in [1.29, 1.82) is 0 Å². The van der Waals surface area contributed by atoms with Gasteiger partial charge in [-0.2, -0.15) is 5.10 Å². The number of rotatable bonds is 7. The first-order chi connectivity index (χ1) is 16.1. The quantitative estimate of drug-likeness (QED) is 0.448. The topological polar surface area (TPSA) is 116 Å². The molecule has 1 aliphatic rings. The summed E-state index contributed by atoms with van der Waals surface area (Å²) in [5, 5.41) is 18.1. The van der Waals surface area contributed by atoms with Crippen LogP contribution in [-0.2, 0) is 11.3 Å². The van der Waals surface area contributed by atoms with E-state index in [0.717, 1.165) is 0 Å². The summed E-state index contributed by atoms with van der Waals surface area (Å²) in [4.78, 5) is 26.1. The van der Waals surface area contributed by atoms with E-state index in [2.05, 4.69) is 10.4 Å². The zero-order valence-corrected chi connectivity index (χ0v) is 17.6. The number of carbonyl (C=O) groups excluding carboxylic acids is 1. The van der Waals surface area contributed by atoms with Crippen molar-refractivity contribution in [2.24, 2.45) is 0 Å². The van der Waals surface area contributed by atoms with Crippen LogP contribution >= 0.6 is 0 Å². The van der Waals surface area contributed by atoms with Gasteiger partial charge in [0, 0.05) is 48.5 Å². The largest absolute Gasteiger partial charge is 0.508 e. The molecule has 0 fully saturated rings. The molecule has 33 heavy (non-hydrogen) atoms. The normalized spacial score (nSPS) is 13.2. The molecule has 1 atom stereocenters. The Morgan fingerprint density at radius 1 is 1.15 bits per heavy atom. The summed E-state index contributed by atoms with van der Waals surface area (Å²) in [5.74, 6) is -0.288. The zero-order valence-electron chi connectivity index (χ0n) is 17.6. The Labute approximate surface area is 188 Å². The number of hydrogen-bond acceptors (Lipinski definition) is 7. The van der Waals surface area contributed by atoms with E-state index in [9.17, 15) is 14.7 Å². The van der Waals surface area contributed by atoms with Crippen LogP contribution in [-0.4, -0.2) is 34.1 Å². The van der Waals surface area contributed by atoms with Crippen LogP contribution in [0, 0.1) is 0 Å². The lowest BCUT2D eigenvalue weighted by Crippen LogP contribution is -2.29. The molecule has 0 saturated carbocycles. The van der Waals surface area contributed by atoms with Gasteiger partial charge in [0.15, 0.2) is 16.9 Å². The summed E-state index contributed by atoms with van der Waals surface area (Å²) in [6, 6.07) is 11.7. The van der Waals surface area contributed by atoms with Crippen molar-refractivity contribution < 1.29 is 23.8 Å². The summed E-state index contributed by atoms with van der Waals surface area (Å²) in [6.45, 7) is 0.915. The molecule has 0 saturated heterocycles. The molecule has 2 aromatic carbocycles. The van der Waals surface area contributed by atoms with Crippen molar-refractivity contribution in [2.75, 3.05) is 13.3 Å². The first-order valence-electron chi connectivity index (χ1n) is 10.5. The fourth-order valence-electron chi connectivity index (χ4n) is 3.95. The average Bonchev–Trinajstić information content (AvgIpc) is 3.50. The lowest BCUT2D eigenvalue weighted by molar-refractivity contribution is -0.121. The van der Waals surface area contributed by atoms with Gasteiger partial charge in [0.25, 0.3) is 0 Å². The zero-order chi connectivity index (χ0) is 22.8. The summed E-state index contributed by atoms with van der Waals surface area (Å²) < 4.78 is 18.2. The van der Waals surface area contributed by atoms with Crippen LogP contribution in [0.4, 0.5) is 0 Å². The minimum Gasteiger partial charge on any atom is -0.508 e. The number of hydrogen-bond donors (Lipinski definition) is 2. The highest BCUT2D eigenvalue weighted by Gasteiger charge is 2.28. The van der Waals surface area contributed by atoms with Crippen molar-refractivity contribution in [2.45, 2.75) is 18.9 Å². The number of benzene rings is 2. The second-order valence-corrected chi connectivity index (χ2v) is 7.66. The minimum atomic E-state index is -0.759. The predicted molar refractivity (Wildman–Crippen MR) is 118 cm³/mol. The van der Waals surface area contributed by atoms with E-state index in [1.165, 1.54) is 12.3 Å². The van der Waals surface area contributed by atoms with Gasteiger partial charge in [-0.25, -0.2) is 0 Å². The van der Waals surface area contributed by atoms with Gasteiger partial charge >= 0.3 is 0 Å². The molecule has 3 heterocycles. The number of para-hydroxylation sites is 1. The number of fused-ring (bicyclic) bond motifs is 2. The summed E-state index contributed by atoms with van der Waals surface area (Å²) >= 11 is 0. The molecule has 0 unspecified atom stereocenters. The standard InChI is InChI=1S/C24H21N3O6/c28-19-12-22-21(32-14-33-22)10-17(19)16(11-23(29)25-7-9-27-8-3-6-26-27)18-13-31-20-5-2-1-4-15(20)24(18)30/h1-6,8,10,12-13,16,28H,7,9,11,14H2,(H,25,29)/t16-/m1/s1. The lowest BCUT2D eigenvalue weighted by Gasteiger charge is -2.19. The molecule has 0 radical (unpaired) electrons. The number of nitrogens with one attached hydrogen (secondary N) is 1. The number of amides is 1. The van der Waals surface area contributed by atoms with Gasteiger partial charge in [-0.15, -0.1) is 0 Å². The molecule has 1 amide bonds. The molecule has 0 spiro atoms. The summed E-state index contributed by atoms with van der Waals surface area (Å²) in [6.07, 6.45) is 4.75. The second-order valence-electron chi connectivity index (χ2n) is 7.66. The average molecular weight is 447 g/mol. The van der Waals surface area contributed by atoms with E-state index in [1.807, 2.05) is 0 Å². The van der Waals surface area contributed by atoms with Gasteiger partial charge in [-0.1, -0.05) is 12.1 Å². The van der Waals surface area contributed by atoms with Crippen molar-refractivity contribution in [3.8, 4) is 17.2 Å². The van der Waals surface area contributed by atoms with Crippen LogP contribution in [0.25, 0.3) is 11.0 Å². The SMILES string of the molecule is O=C(C[C@H](c1cc2c(cc1O)OCO2)c1coc2ccccc2c1=O)NCCn1cccn1. The summed E-state index contributed by atoms with van der Waals surface area (Å²) in [7, 11) is 0. The Morgan fingerprint density at radius 3 is 2.79 bits per heavy atom. The van der Waals surface area contributed by atoms with Gasteiger partial charge in [0.05, 0.1) is 18.2 Å². The Balaban J connectivity index is 1.48. The van der Waals surface area contributed by atoms with Crippen LogP contribution in [0.3, 0.4) is 0 Å². The van der Waals surface area contributed by atoms with Gasteiger partial charge in [-0.3, -0.25) is 14.3 Å². The summed E-state index contributed by atoms with van der Waals surface area (Å²) in [5.41, 5.74) is 0.834. The van der Waals surface area contributed by atoms with Crippen LogP contribution in [0.15, 0.2) is 70.3 Å². The molecule has 0 aliphatic carbocycles. The van der Waals surface area contributed by atoms with E-state index < -0.39 is 5.92 Å². The Kier molecular flexibility index (Phi) is 5.43. The highest BCUT2D eigenvalue weighted by Crippen LogP contribution is 2.42. The lowest BCUT2D eigenvalue weighted by atomic mass is 9.87. The van der Waals surface area contributed by atoms with Crippen molar-refractivity contribution >= 4 is 16.9 Å². The van der Waals surface area contributed by atoms with Crippen LogP contribution in [0.5, 0.6) is 17.2 Å². The van der Waals surface area contributed by atoms with E-state index in [-0.39, 0.29) is 35.9 Å². The Bertz CT molecular complexity index is 1360. The molecule has 5 rings (SSSR count). The fourth-order valence-corrected chi connectivity index (χ4v) is 3.95. The van der Waals surface area contributed by atoms with Crippen molar-refractivity contribution in [3.63, 3.8) is 0 Å². The van der Waals surface area contributed by atoms with Crippen LogP contribution in [0.2, 0.25) is 0 Å². The van der Waals surface area contributed by atoms with E-state index >= 15 is 0 Å². The van der Waals surface area contributed by atoms with Crippen LogP contribution in [0.1, 0.15) is 23.5 Å². The number of ether oxygens (including phenoxy) is 2. The Morgan fingerprint density at radius 2 is 1.97 bits per heavy atom. The second kappa shape index (κ2) is 8.70. The smallest absolute Gasteiger partial charge is 0.231 e. The maximum absolute atomic E-state index is 13.3. The van der Waals surface area contributed by atoms with Crippen molar-refractivity contribution in [3.05, 3.63) is 82.5 Å². The first kappa shape index (κ1) is 20.6. The number of phenols is 1. The highest BCUT2D eigenvalue weighted by atomic mass is 16.7. The number of nitrogens with zero attached hydrogens (tertiary/aromatic N) is 2. The molecule has 2 N–H and O–H groups in total. The molecule has 1 aliphatic heterocycles. The van der Waals surface area contributed by atoms with Gasteiger partial charge in [-0.05, 0) is 24.3 Å². The van der Waals surface area contributed by atoms with Crippen LogP contribution < -0.4 is 20.2 Å². The van der Waals surface area contributed by atoms with Crippen molar-refractivity contribution in [1.82, 2.24) is 15.1 Å². The molecule has 168 valence electrons. The van der Waals surface area contributed by atoms with Gasteiger partial charge in [0.1, 0.15) is 11.3 Å². The third-order valence-electron chi connectivity index (χ3n) is 5.59. The molecule has 9 nitrogen and oxygen atoms in total. The monoisotopic (exact) mass is 447 g/mol. The molecular weight excluding hydrogens is 426 g/mol. The van der Waals surface area contributed by atoms with Gasteiger partial charge < -0.3 is 24.3 Å². The fraction of sp³-hybridized carbons (Fsp3) is 0.208. The third kappa shape index (κ3) is 4.12. The van der Waals surface area contributed by atoms with E-state index in [4.69, 9.17) is 13.9 Å². The van der Waals surface area contributed by atoms with E-state index in [0.29, 0.717) is 41.1 Å². The first-order valence-corrected chi connectivity index (χ1v) is 10.5. The highest BCUT2D eigenvalue weighted by molar-refractivity contribution is 5.80.